The van der Waals surface area contributed by atoms with E-state index in [2.05, 4.69) is 0 Å². The van der Waals surface area contributed by atoms with Crippen molar-refractivity contribution in [1.82, 2.24) is 0 Å². The minimum atomic E-state index is 0.998. The topological polar surface area (TPSA) is 0 Å². The van der Waals surface area contributed by atoms with Crippen LogP contribution in [-0.4, -0.2) is 13.3 Å². The zero-order valence-electron chi connectivity index (χ0n) is 2.73. The van der Waals surface area contributed by atoms with Crippen molar-refractivity contribution in [1.29, 1.82) is 0 Å². The van der Waals surface area contributed by atoms with E-state index in [4.69, 9.17) is 7.18 Å². The van der Waals surface area contributed by atoms with Gasteiger partial charge in [-0.3, -0.25) is 0 Å². The zero-order chi connectivity index (χ0) is 3.41. The first-order valence-electron chi connectivity index (χ1n) is 1.28. The molecule has 0 rings (SSSR count). The summed E-state index contributed by atoms with van der Waals surface area (Å²) in [5.74, 6) is 0. The van der Waals surface area contributed by atoms with E-state index in [0.29, 0.717) is 0 Å². The molecule has 0 aromatic heterocycles. The molecule has 0 spiro atoms. The van der Waals surface area contributed by atoms with Crippen molar-refractivity contribution < 1.29 is 0 Å². The average Bonchev–Trinajstić information content (AvgIpc) is 1.37. The summed E-state index contributed by atoms with van der Waals surface area (Å²) in [5, 5.41) is 0. The van der Waals surface area contributed by atoms with Gasteiger partial charge < -0.3 is 0 Å². The van der Waals surface area contributed by atoms with Crippen molar-refractivity contribution in [2.75, 3.05) is 6.16 Å². The van der Waals surface area contributed by atoms with Crippen molar-refractivity contribution in [3.63, 3.8) is 0 Å². The molecule has 21 valence electrons. The first-order valence-corrected chi connectivity index (χ1v) is 2.43. The van der Waals surface area contributed by atoms with Gasteiger partial charge in [0.2, 0.25) is 0 Å². The van der Waals surface area contributed by atoms with Gasteiger partial charge in [-0.2, -0.15) is 0 Å². The van der Waals surface area contributed by atoms with Gasteiger partial charge in [0.05, 0.1) is 0 Å². The van der Waals surface area contributed by atoms with Crippen LogP contribution in [0.3, 0.4) is 0 Å². The van der Waals surface area contributed by atoms with E-state index in [1.165, 1.54) is 0 Å². The fourth-order valence-corrected chi connectivity index (χ4v) is 0. The van der Waals surface area contributed by atoms with Crippen LogP contribution in [-0.2, 0) is 0 Å². The molecule has 0 fully saturated rings. The van der Waals surface area contributed by atoms with Crippen LogP contribution in [0.5, 0.6) is 0 Å². The van der Waals surface area contributed by atoms with E-state index >= 15 is 0 Å². The van der Waals surface area contributed by atoms with Crippen molar-refractivity contribution in [3.8, 4) is 0 Å². The third-order valence-corrected chi connectivity index (χ3v) is 0.548. The Morgan fingerprint density at radius 2 is 2.25 bits per heavy atom. The van der Waals surface area contributed by atoms with Crippen LogP contribution in [0.2, 0.25) is 0 Å². The SMILES string of the molecule is [B]=PCC. The van der Waals surface area contributed by atoms with E-state index in [1.807, 2.05) is 6.92 Å². The van der Waals surface area contributed by atoms with Crippen molar-refractivity contribution in [2.45, 2.75) is 6.92 Å². The van der Waals surface area contributed by atoms with E-state index < -0.39 is 0 Å². The Hall–Kier alpha value is 0.365. The Balaban J connectivity index is 2.30. The average molecular weight is 70.8 g/mol. The molecule has 1 radical (unpaired) electrons. The summed E-state index contributed by atoms with van der Waals surface area (Å²) >= 11 is 0. The van der Waals surface area contributed by atoms with Gasteiger partial charge in [-0.15, -0.1) is 0 Å². The molecule has 0 aromatic carbocycles. The molecule has 0 unspecified atom stereocenters. The van der Waals surface area contributed by atoms with Gasteiger partial charge >= 0.3 is 28.3 Å². The quantitative estimate of drug-likeness (QED) is 0.320. The van der Waals surface area contributed by atoms with Gasteiger partial charge in [-0.25, -0.2) is 0 Å². The number of hydrogen-bond donors (Lipinski definition) is 0. The van der Waals surface area contributed by atoms with Gasteiger partial charge in [0.25, 0.3) is 0 Å². The predicted molar refractivity (Wildman–Crippen MR) is 23.2 cm³/mol. The minimum absolute atomic E-state index is 0.998. The number of hydrogen-bond acceptors (Lipinski definition) is 0. The molecule has 4 heavy (non-hydrogen) atoms. The Kier molecular flexibility index (Phi) is 3.67. The molecule has 0 nitrogen and oxygen atoms in total. The molecule has 0 aliphatic heterocycles. The Labute approximate surface area is 29.4 Å². The third kappa shape index (κ3) is 2.36. The van der Waals surface area contributed by atoms with Crippen LogP contribution in [0.15, 0.2) is 0 Å². The molecule has 2 heteroatoms. The molecule has 0 bridgehead atoms. The molecular weight excluding hydrogens is 65.8 g/mol. The van der Waals surface area contributed by atoms with Crippen LogP contribution in [0.1, 0.15) is 6.92 Å². The second kappa shape index (κ2) is 3.36. The number of rotatable bonds is 1. The monoisotopic (exact) mass is 71.0 g/mol. The first-order chi connectivity index (χ1) is 1.91. The van der Waals surface area contributed by atoms with Gasteiger partial charge in [0, 0.05) is 0 Å². The fraction of sp³-hybridized carbons (Fsp3) is 1.00. The van der Waals surface area contributed by atoms with E-state index in [-0.39, 0.29) is 0 Å². The maximum atomic E-state index is 5.00. The molecule has 0 amide bonds. The normalized spacial score (nSPS) is 8.00. The van der Waals surface area contributed by atoms with Crippen LogP contribution in [0.4, 0.5) is 0 Å². The van der Waals surface area contributed by atoms with Crippen molar-refractivity contribution >= 4 is 15.3 Å². The molecule has 0 saturated carbocycles. The summed E-state index contributed by atoms with van der Waals surface area (Å²) in [6.07, 6.45) is 1.07. The van der Waals surface area contributed by atoms with Gasteiger partial charge in [0.1, 0.15) is 0 Å². The summed E-state index contributed by atoms with van der Waals surface area (Å²) in [5.41, 5.74) is 0. The molecule has 0 N–H and O–H groups in total. The Morgan fingerprint density at radius 1 is 2.00 bits per heavy atom. The summed E-state index contributed by atoms with van der Waals surface area (Å²) in [7, 11) is 6.00. The standard InChI is InChI=1S/C2H5BP/c1-2-4-3/h2H2,1H3. The van der Waals surface area contributed by atoms with E-state index in [9.17, 15) is 0 Å². The predicted octanol–water partition coefficient (Wildman–Crippen LogP) is 1.04. The Bertz CT molecular complexity index is 20.0. The fourth-order valence-electron chi connectivity index (χ4n) is 0. The summed E-state index contributed by atoms with van der Waals surface area (Å²) in [6, 6.07) is 0. The molecule has 0 heterocycles. The Morgan fingerprint density at radius 3 is 2.25 bits per heavy atom. The van der Waals surface area contributed by atoms with Gasteiger partial charge in [-0.05, 0) is 0 Å². The van der Waals surface area contributed by atoms with Crippen LogP contribution >= 0.6 is 8.07 Å². The summed E-state index contributed by atoms with van der Waals surface area (Å²) in [4.78, 5) is 0. The molecule has 0 aliphatic carbocycles. The van der Waals surface area contributed by atoms with Crippen molar-refractivity contribution in [3.05, 3.63) is 0 Å². The summed E-state index contributed by atoms with van der Waals surface area (Å²) < 4.78 is 0. The van der Waals surface area contributed by atoms with Crippen LogP contribution in [0, 0.1) is 0 Å². The second-order valence-corrected chi connectivity index (χ2v) is 1.50. The second-order valence-electron chi connectivity index (χ2n) is 0.499. The van der Waals surface area contributed by atoms with E-state index in [1.54, 1.807) is 0 Å². The molecule has 0 aromatic rings. The zero-order valence-corrected chi connectivity index (χ0v) is 3.63. The van der Waals surface area contributed by atoms with Crippen LogP contribution in [0.25, 0.3) is 0 Å². The third-order valence-electron chi connectivity index (χ3n) is 0.183. The first kappa shape index (κ1) is 4.36. The van der Waals surface area contributed by atoms with E-state index in [0.717, 1.165) is 14.2 Å². The summed E-state index contributed by atoms with van der Waals surface area (Å²) in [6.45, 7) is 2.04. The molecular formula is C2H5BP. The van der Waals surface area contributed by atoms with Gasteiger partial charge in [0.15, 0.2) is 0 Å². The molecule has 0 aliphatic rings. The van der Waals surface area contributed by atoms with Gasteiger partial charge in [-0.1, -0.05) is 0 Å². The maximum absolute atomic E-state index is 5.00. The molecule has 0 saturated heterocycles. The van der Waals surface area contributed by atoms with Crippen LogP contribution < -0.4 is 0 Å². The van der Waals surface area contributed by atoms with Crippen molar-refractivity contribution in [2.24, 2.45) is 0 Å². The molecule has 0 atom stereocenters.